The van der Waals surface area contributed by atoms with Crippen molar-refractivity contribution in [3.63, 3.8) is 0 Å². The molecule has 0 aromatic heterocycles. The molecule has 0 fully saturated rings. The lowest BCUT2D eigenvalue weighted by Crippen LogP contribution is -2.47. The monoisotopic (exact) mass is 426 g/mol. The van der Waals surface area contributed by atoms with Crippen molar-refractivity contribution in [2.75, 3.05) is 12.8 Å². The van der Waals surface area contributed by atoms with Crippen molar-refractivity contribution in [3.8, 4) is 0 Å². The van der Waals surface area contributed by atoms with Crippen LogP contribution in [0.2, 0.25) is 5.02 Å². The molecule has 2 amide bonds. The quantitative estimate of drug-likeness (QED) is 0.693. The van der Waals surface area contributed by atoms with Gasteiger partial charge in [-0.05, 0) is 25.1 Å². The van der Waals surface area contributed by atoms with Crippen LogP contribution in [0.4, 0.5) is 8.78 Å². The Balaban J connectivity index is 2.10. The molecule has 0 saturated heterocycles. The molecule has 0 radical (unpaired) electrons. The van der Waals surface area contributed by atoms with E-state index in [1.54, 1.807) is 31.2 Å². The molecule has 0 heterocycles. The smallest absolute Gasteiger partial charge is 0.242 e. The van der Waals surface area contributed by atoms with Gasteiger partial charge in [0, 0.05) is 35.5 Å². The number of likely N-dealkylation sites (N-methyl/N-ethyl adjacent to an activating group) is 1. The van der Waals surface area contributed by atoms with Gasteiger partial charge in [0.25, 0.3) is 0 Å². The predicted octanol–water partition coefficient (Wildman–Crippen LogP) is 4.01. The Morgan fingerprint density at radius 2 is 1.82 bits per heavy atom. The minimum atomic E-state index is -0.783. The Kier molecular flexibility index (Phi) is 8.26. The van der Waals surface area contributed by atoms with E-state index in [2.05, 4.69) is 5.32 Å². The fourth-order valence-corrected chi connectivity index (χ4v) is 3.84. The number of rotatable bonds is 8. The zero-order chi connectivity index (χ0) is 20.7. The summed E-state index contributed by atoms with van der Waals surface area (Å²) in [5.41, 5.74) is 0.635. The van der Waals surface area contributed by atoms with E-state index in [9.17, 15) is 18.4 Å². The number of thioether (sulfide) groups is 1. The van der Waals surface area contributed by atoms with Gasteiger partial charge < -0.3 is 10.2 Å². The summed E-state index contributed by atoms with van der Waals surface area (Å²) in [4.78, 5) is 26.1. The molecule has 1 atom stereocenters. The van der Waals surface area contributed by atoms with E-state index < -0.39 is 17.7 Å². The van der Waals surface area contributed by atoms with Crippen molar-refractivity contribution in [1.29, 1.82) is 0 Å². The third-order valence-corrected chi connectivity index (χ3v) is 5.54. The van der Waals surface area contributed by atoms with E-state index in [1.807, 2.05) is 0 Å². The SMILES string of the molecule is CNC(=O)[C@@H](C)N(Cc1ccccc1F)C(=O)CSCc1c(F)cccc1Cl. The fraction of sp³-hybridized carbons (Fsp3) is 0.300. The van der Waals surface area contributed by atoms with E-state index >= 15 is 0 Å². The van der Waals surface area contributed by atoms with Crippen LogP contribution in [0.1, 0.15) is 18.1 Å². The van der Waals surface area contributed by atoms with E-state index in [-0.39, 0.29) is 29.9 Å². The molecule has 28 heavy (non-hydrogen) atoms. The summed E-state index contributed by atoms with van der Waals surface area (Å²) >= 11 is 7.18. The van der Waals surface area contributed by atoms with Crippen molar-refractivity contribution in [1.82, 2.24) is 10.2 Å². The Morgan fingerprint density at radius 1 is 1.14 bits per heavy atom. The first kappa shape index (κ1) is 22.2. The molecular formula is C20H21ClF2N2O2S. The van der Waals surface area contributed by atoms with Gasteiger partial charge in [0.2, 0.25) is 11.8 Å². The second kappa shape index (κ2) is 10.4. The molecule has 0 spiro atoms. The summed E-state index contributed by atoms with van der Waals surface area (Å²) in [6, 6.07) is 9.72. The minimum absolute atomic E-state index is 0.000447. The van der Waals surface area contributed by atoms with Crippen LogP contribution < -0.4 is 5.32 Å². The summed E-state index contributed by atoms with van der Waals surface area (Å²) in [6.45, 7) is 1.54. The first-order valence-corrected chi connectivity index (χ1v) is 10.1. The standard InChI is InChI=1S/C20H21ClF2N2O2S/c1-13(20(27)24-2)25(10-14-6-3-4-8-17(14)22)19(26)12-28-11-15-16(21)7-5-9-18(15)23/h3-9,13H,10-12H2,1-2H3,(H,24,27)/t13-/m1/s1. The van der Waals surface area contributed by atoms with Crippen molar-refractivity contribution in [2.24, 2.45) is 0 Å². The minimum Gasteiger partial charge on any atom is -0.357 e. The average molecular weight is 427 g/mol. The van der Waals surface area contributed by atoms with Gasteiger partial charge in [0.05, 0.1) is 5.75 Å². The number of nitrogens with zero attached hydrogens (tertiary/aromatic N) is 1. The lowest BCUT2D eigenvalue weighted by atomic mass is 10.1. The number of hydrogen-bond donors (Lipinski definition) is 1. The number of carbonyl (C=O) groups excluding carboxylic acids is 2. The van der Waals surface area contributed by atoms with Crippen LogP contribution in [0, 0.1) is 11.6 Å². The largest absolute Gasteiger partial charge is 0.357 e. The van der Waals surface area contributed by atoms with Gasteiger partial charge in [-0.1, -0.05) is 35.9 Å². The molecule has 1 N–H and O–H groups in total. The normalized spacial score (nSPS) is 11.8. The van der Waals surface area contributed by atoms with Gasteiger partial charge in [-0.2, -0.15) is 0 Å². The Bertz CT molecular complexity index is 830. The second-order valence-electron chi connectivity index (χ2n) is 6.10. The van der Waals surface area contributed by atoms with Gasteiger partial charge >= 0.3 is 0 Å². The summed E-state index contributed by atoms with van der Waals surface area (Å²) in [5.74, 6) is -1.38. The second-order valence-corrected chi connectivity index (χ2v) is 7.49. The lowest BCUT2D eigenvalue weighted by Gasteiger charge is -2.28. The summed E-state index contributed by atoms with van der Waals surface area (Å²) in [6.07, 6.45) is 0. The van der Waals surface area contributed by atoms with Gasteiger partial charge in [-0.3, -0.25) is 9.59 Å². The first-order chi connectivity index (χ1) is 13.3. The molecule has 8 heteroatoms. The number of hydrogen-bond acceptors (Lipinski definition) is 3. The third kappa shape index (κ3) is 5.69. The van der Waals surface area contributed by atoms with Crippen LogP contribution in [0.15, 0.2) is 42.5 Å². The van der Waals surface area contributed by atoms with Crippen molar-refractivity contribution in [2.45, 2.75) is 25.3 Å². The number of nitrogens with one attached hydrogen (secondary N) is 1. The molecule has 4 nitrogen and oxygen atoms in total. The molecule has 0 saturated carbocycles. The molecule has 2 aromatic rings. The molecule has 0 bridgehead atoms. The molecular weight excluding hydrogens is 406 g/mol. The maximum absolute atomic E-state index is 14.0. The highest BCUT2D eigenvalue weighted by molar-refractivity contribution is 7.99. The van der Waals surface area contributed by atoms with E-state index in [4.69, 9.17) is 11.6 Å². The van der Waals surface area contributed by atoms with E-state index in [0.29, 0.717) is 16.1 Å². The van der Waals surface area contributed by atoms with E-state index in [0.717, 1.165) is 0 Å². The number of amides is 2. The van der Waals surface area contributed by atoms with Crippen molar-refractivity contribution in [3.05, 3.63) is 70.2 Å². The summed E-state index contributed by atoms with van der Waals surface area (Å²) in [7, 11) is 1.47. The average Bonchev–Trinajstić information content (AvgIpc) is 2.68. The zero-order valence-corrected chi connectivity index (χ0v) is 17.1. The Morgan fingerprint density at radius 3 is 2.46 bits per heavy atom. The van der Waals surface area contributed by atoms with E-state index in [1.165, 1.54) is 41.9 Å². The summed E-state index contributed by atoms with van der Waals surface area (Å²) in [5, 5.41) is 2.79. The molecule has 2 aromatic carbocycles. The lowest BCUT2D eigenvalue weighted by molar-refractivity contribution is -0.138. The van der Waals surface area contributed by atoms with Crippen LogP contribution in [-0.2, 0) is 21.9 Å². The zero-order valence-electron chi connectivity index (χ0n) is 15.5. The fourth-order valence-electron chi connectivity index (χ4n) is 2.60. The number of carbonyl (C=O) groups is 2. The topological polar surface area (TPSA) is 49.4 Å². The highest BCUT2D eigenvalue weighted by Crippen LogP contribution is 2.24. The Labute approximate surface area is 172 Å². The van der Waals surface area contributed by atoms with Crippen LogP contribution >= 0.6 is 23.4 Å². The number of benzene rings is 2. The van der Waals surface area contributed by atoms with Crippen molar-refractivity contribution >= 4 is 35.2 Å². The molecule has 0 aliphatic rings. The maximum atomic E-state index is 14.0. The van der Waals surface area contributed by atoms with Crippen LogP contribution in [0.5, 0.6) is 0 Å². The van der Waals surface area contributed by atoms with Crippen LogP contribution in [-0.4, -0.2) is 35.6 Å². The Hall–Kier alpha value is -2.12. The maximum Gasteiger partial charge on any atom is 0.242 e. The molecule has 0 aliphatic heterocycles. The molecule has 2 rings (SSSR count). The van der Waals surface area contributed by atoms with Crippen molar-refractivity contribution < 1.29 is 18.4 Å². The van der Waals surface area contributed by atoms with Gasteiger partial charge in [-0.25, -0.2) is 8.78 Å². The highest BCUT2D eigenvalue weighted by Gasteiger charge is 2.26. The molecule has 0 unspecified atom stereocenters. The van der Waals surface area contributed by atoms with Gasteiger partial charge in [0.15, 0.2) is 0 Å². The van der Waals surface area contributed by atoms with Crippen LogP contribution in [0.3, 0.4) is 0 Å². The van der Waals surface area contributed by atoms with Crippen LogP contribution in [0.25, 0.3) is 0 Å². The molecule has 0 aliphatic carbocycles. The summed E-state index contributed by atoms with van der Waals surface area (Å²) < 4.78 is 27.9. The van der Waals surface area contributed by atoms with Gasteiger partial charge in [0.1, 0.15) is 17.7 Å². The van der Waals surface area contributed by atoms with Gasteiger partial charge in [-0.15, -0.1) is 11.8 Å². The highest BCUT2D eigenvalue weighted by atomic mass is 35.5. The third-order valence-electron chi connectivity index (χ3n) is 4.25. The predicted molar refractivity (Wildman–Crippen MR) is 108 cm³/mol. The first-order valence-electron chi connectivity index (χ1n) is 8.60. The molecule has 150 valence electrons. The number of halogens is 3.